The first-order chi connectivity index (χ1) is 24.2. The van der Waals surface area contributed by atoms with Gasteiger partial charge in [-0.1, -0.05) is 42.5 Å². The van der Waals surface area contributed by atoms with Crippen molar-refractivity contribution in [1.29, 1.82) is 0 Å². The van der Waals surface area contributed by atoms with Crippen LogP contribution in [-0.2, 0) is 12.8 Å². The van der Waals surface area contributed by atoms with Gasteiger partial charge in [0.25, 0.3) is 0 Å². The van der Waals surface area contributed by atoms with Crippen molar-refractivity contribution < 1.29 is 33.2 Å². The molecule has 0 amide bonds. The van der Waals surface area contributed by atoms with E-state index in [4.69, 9.17) is 33.2 Å². The average molecular weight is 681 g/mol. The number of methoxy groups -OCH3 is 5. The van der Waals surface area contributed by atoms with Crippen molar-refractivity contribution in [3.63, 3.8) is 0 Å². The molecule has 4 aromatic rings. The van der Waals surface area contributed by atoms with Gasteiger partial charge in [-0.3, -0.25) is 0 Å². The van der Waals surface area contributed by atoms with Crippen LogP contribution in [0.25, 0.3) is 24.3 Å². The average Bonchev–Trinajstić information content (AvgIpc) is 3.11. The van der Waals surface area contributed by atoms with Crippen molar-refractivity contribution in [3.8, 4) is 51.7 Å². The summed E-state index contributed by atoms with van der Waals surface area (Å²) in [6.07, 6.45) is 9.70. The number of ether oxygens (including phenoxy) is 7. The molecule has 0 atom stereocenters. The number of benzene rings is 4. The van der Waals surface area contributed by atoms with E-state index in [1.807, 2.05) is 74.8 Å². The first-order valence-corrected chi connectivity index (χ1v) is 16.5. The fourth-order valence-electron chi connectivity index (χ4n) is 5.87. The molecule has 0 N–H and O–H groups in total. The fraction of sp³-hybridized carbons (Fsp3) is 0.317. The summed E-state index contributed by atoms with van der Waals surface area (Å²) in [5, 5.41) is 0. The number of rotatable bonds is 11. The van der Waals surface area contributed by atoms with Gasteiger partial charge in [0.05, 0.1) is 35.5 Å². The molecule has 264 valence electrons. The van der Waals surface area contributed by atoms with Gasteiger partial charge in [0.1, 0.15) is 5.75 Å². The first-order valence-electron chi connectivity index (χ1n) is 16.5. The van der Waals surface area contributed by atoms with Gasteiger partial charge < -0.3 is 43.0 Å². The Morgan fingerprint density at radius 3 is 1.80 bits per heavy atom. The van der Waals surface area contributed by atoms with E-state index in [1.165, 1.54) is 0 Å². The smallest absolute Gasteiger partial charge is 0.208 e. The Labute approximate surface area is 296 Å². The zero-order chi connectivity index (χ0) is 35.8. The molecule has 2 aliphatic heterocycles. The van der Waals surface area contributed by atoms with Crippen LogP contribution in [0.4, 0.5) is 0 Å². The van der Waals surface area contributed by atoms with E-state index in [0.717, 1.165) is 52.9 Å². The Morgan fingerprint density at radius 1 is 0.540 bits per heavy atom. The molecule has 4 aromatic carbocycles. The summed E-state index contributed by atoms with van der Waals surface area (Å²) in [4.78, 5) is 4.29. The van der Waals surface area contributed by atoms with Gasteiger partial charge in [0.2, 0.25) is 11.5 Å². The lowest BCUT2D eigenvalue weighted by atomic mass is 9.98. The highest BCUT2D eigenvalue weighted by atomic mass is 16.6. The van der Waals surface area contributed by atoms with Gasteiger partial charge in [-0.05, 0) is 99.7 Å². The van der Waals surface area contributed by atoms with Crippen molar-refractivity contribution in [1.82, 2.24) is 9.80 Å². The van der Waals surface area contributed by atoms with Crippen LogP contribution in [0, 0.1) is 0 Å². The van der Waals surface area contributed by atoms with E-state index in [2.05, 4.69) is 42.1 Å². The number of hydrogen-bond acceptors (Lipinski definition) is 9. The molecule has 2 heterocycles. The summed E-state index contributed by atoms with van der Waals surface area (Å²) in [7, 11) is 16.4. The second-order valence-electron chi connectivity index (χ2n) is 12.5. The van der Waals surface area contributed by atoms with Crippen LogP contribution in [0.2, 0.25) is 0 Å². The van der Waals surface area contributed by atoms with Crippen LogP contribution >= 0.6 is 0 Å². The Balaban J connectivity index is 1.83. The maximum absolute atomic E-state index is 6.94. The third-order valence-corrected chi connectivity index (χ3v) is 8.54. The molecule has 0 aromatic heterocycles. The van der Waals surface area contributed by atoms with Crippen LogP contribution in [0.15, 0.2) is 54.6 Å². The summed E-state index contributed by atoms with van der Waals surface area (Å²) < 4.78 is 42.9. The van der Waals surface area contributed by atoms with Crippen molar-refractivity contribution in [2.24, 2.45) is 0 Å². The summed E-state index contributed by atoms with van der Waals surface area (Å²) in [6, 6.07) is 17.9. The molecule has 0 aliphatic carbocycles. The van der Waals surface area contributed by atoms with Crippen molar-refractivity contribution in [3.05, 3.63) is 88.0 Å². The molecule has 0 unspecified atom stereocenters. The molecule has 0 saturated carbocycles. The molecule has 50 heavy (non-hydrogen) atoms. The zero-order valence-electron chi connectivity index (χ0n) is 30.6. The molecule has 6 rings (SSSR count). The van der Waals surface area contributed by atoms with E-state index < -0.39 is 0 Å². The number of likely N-dealkylation sites (N-methyl/N-ethyl adjacent to an activating group) is 2. The minimum Gasteiger partial charge on any atom is -0.493 e. The Hall–Kier alpha value is -5.12. The van der Waals surface area contributed by atoms with Gasteiger partial charge in [0.15, 0.2) is 34.5 Å². The molecule has 0 spiro atoms. The fourth-order valence-corrected chi connectivity index (χ4v) is 5.87. The largest absolute Gasteiger partial charge is 0.493 e. The van der Waals surface area contributed by atoms with Crippen LogP contribution in [0.5, 0.6) is 51.7 Å². The first kappa shape index (κ1) is 36.2. The van der Waals surface area contributed by atoms with Gasteiger partial charge >= 0.3 is 0 Å². The van der Waals surface area contributed by atoms with E-state index in [0.29, 0.717) is 58.2 Å². The second kappa shape index (κ2) is 16.5. The zero-order valence-corrected chi connectivity index (χ0v) is 30.6. The standard InChI is InChI=1S/C41H48N2O7/c1-42(2)22-20-30-25-35(45-6)37-26-29(30)15-10-27-11-16-31(17-12-27)49-36-24-28(14-19-34(36)44-5)13-18-32-33(21-23-43(3)4)38(46-7)40(47-8)41(48-9)39(32)50-37/h10-19,24-26H,20-23H2,1-9H3. The SMILES string of the molecule is COc1ccc2cc1Oc1ccc(cc1)C=Cc1cc(c(OC)cc1CCN(C)C)Oc1c(c(CCN(C)C)c(OC)c(OC)c1OC)C=C2. The minimum absolute atomic E-state index is 0.404. The summed E-state index contributed by atoms with van der Waals surface area (Å²) in [5.74, 6) is 4.97. The minimum atomic E-state index is 0.404. The normalized spacial score (nSPS) is 12.1. The molecular formula is C41H48N2O7. The second-order valence-corrected chi connectivity index (χ2v) is 12.5. The van der Waals surface area contributed by atoms with Crippen molar-refractivity contribution in [2.75, 3.05) is 76.8 Å². The molecular weight excluding hydrogens is 632 g/mol. The highest BCUT2D eigenvalue weighted by Gasteiger charge is 2.28. The predicted molar refractivity (Wildman–Crippen MR) is 201 cm³/mol. The van der Waals surface area contributed by atoms with Crippen LogP contribution in [-0.4, -0.2) is 86.6 Å². The third kappa shape index (κ3) is 8.18. The van der Waals surface area contributed by atoms with Crippen molar-refractivity contribution in [2.45, 2.75) is 12.8 Å². The lowest BCUT2D eigenvalue weighted by Crippen LogP contribution is -2.16. The van der Waals surface area contributed by atoms with Crippen LogP contribution in [0.3, 0.4) is 0 Å². The Morgan fingerprint density at radius 2 is 1.16 bits per heavy atom. The van der Waals surface area contributed by atoms with Gasteiger partial charge in [-0.2, -0.15) is 0 Å². The van der Waals surface area contributed by atoms with E-state index >= 15 is 0 Å². The van der Waals surface area contributed by atoms with Gasteiger partial charge in [-0.25, -0.2) is 0 Å². The molecule has 0 saturated heterocycles. The lowest BCUT2D eigenvalue weighted by Gasteiger charge is -2.24. The highest BCUT2D eigenvalue weighted by molar-refractivity contribution is 5.82. The Kier molecular flexibility index (Phi) is 12.0. The molecule has 0 radical (unpaired) electrons. The maximum Gasteiger partial charge on any atom is 0.208 e. The Bertz CT molecular complexity index is 1850. The topological polar surface area (TPSA) is 71.1 Å². The number of nitrogens with zero attached hydrogens (tertiary/aromatic N) is 2. The summed E-state index contributed by atoms with van der Waals surface area (Å²) in [6.45, 7) is 1.62. The summed E-state index contributed by atoms with van der Waals surface area (Å²) in [5.41, 5.74) is 5.74. The molecule has 9 nitrogen and oxygen atoms in total. The highest BCUT2D eigenvalue weighted by Crippen LogP contribution is 2.53. The van der Waals surface area contributed by atoms with Gasteiger partial charge in [0, 0.05) is 24.2 Å². The molecule has 9 heteroatoms. The quantitative estimate of drug-likeness (QED) is 0.137. The van der Waals surface area contributed by atoms with E-state index in [9.17, 15) is 0 Å². The van der Waals surface area contributed by atoms with E-state index in [1.54, 1.807) is 35.5 Å². The van der Waals surface area contributed by atoms with Gasteiger partial charge in [-0.15, -0.1) is 0 Å². The van der Waals surface area contributed by atoms with Crippen molar-refractivity contribution >= 4 is 24.3 Å². The number of hydrogen-bond donors (Lipinski definition) is 0. The van der Waals surface area contributed by atoms with Crippen LogP contribution < -0.4 is 33.2 Å². The third-order valence-electron chi connectivity index (χ3n) is 8.54. The molecule has 6 bridgehead atoms. The molecule has 0 fully saturated rings. The summed E-state index contributed by atoms with van der Waals surface area (Å²) >= 11 is 0. The van der Waals surface area contributed by atoms with E-state index in [-0.39, 0.29) is 0 Å². The maximum atomic E-state index is 6.94. The predicted octanol–water partition coefficient (Wildman–Crippen LogP) is 8.18. The molecule has 2 aliphatic rings. The number of fused-ring (bicyclic) bond motifs is 2. The monoisotopic (exact) mass is 680 g/mol. The lowest BCUT2D eigenvalue weighted by molar-refractivity contribution is 0.306. The van der Waals surface area contributed by atoms with Crippen LogP contribution in [0.1, 0.15) is 33.4 Å².